The van der Waals surface area contributed by atoms with Crippen LogP contribution in [0.5, 0.6) is 0 Å². The number of hydrogen-bond donors (Lipinski definition) is 1. The second-order valence-electron chi connectivity index (χ2n) is 6.10. The molecule has 1 saturated carbocycles. The smallest absolute Gasteiger partial charge is 0.225 e. The maximum absolute atomic E-state index is 12.4. The molecule has 2 N–H and O–H groups in total. The van der Waals surface area contributed by atoms with Gasteiger partial charge in [0.25, 0.3) is 0 Å². The molecule has 1 aromatic heterocycles. The van der Waals surface area contributed by atoms with Gasteiger partial charge in [-0.2, -0.15) is 4.98 Å². The Bertz CT molecular complexity index is 495. The molecule has 7 heteroatoms. The van der Waals surface area contributed by atoms with Crippen LogP contribution in [0.2, 0.25) is 0 Å². The lowest BCUT2D eigenvalue weighted by molar-refractivity contribution is -0.137. The second kappa shape index (κ2) is 6.11. The average molecular weight is 293 g/mol. The monoisotopic (exact) mass is 293 g/mol. The van der Waals surface area contributed by atoms with Crippen molar-refractivity contribution >= 4 is 5.91 Å². The van der Waals surface area contributed by atoms with E-state index in [4.69, 9.17) is 10.3 Å². The van der Waals surface area contributed by atoms with Gasteiger partial charge in [-0.25, -0.2) is 0 Å². The first kappa shape index (κ1) is 14.5. The third-order valence-corrected chi connectivity index (χ3v) is 4.44. The van der Waals surface area contributed by atoms with Gasteiger partial charge in [0, 0.05) is 45.1 Å². The lowest BCUT2D eigenvalue weighted by atomic mass is 10.1. The highest BCUT2D eigenvalue weighted by molar-refractivity contribution is 5.79. The Morgan fingerprint density at radius 2 is 2.10 bits per heavy atom. The quantitative estimate of drug-likeness (QED) is 0.853. The molecule has 21 heavy (non-hydrogen) atoms. The molecule has 7 nitrogen and oxygen atoms in total. The normalized spacial score (nSPS) is 27.2. The van der Waals surface area contributed by atoms with E-state index in [-0.39, 0.29) is 17.9 Å². The van der Waals surface area contributed by atoms with Crippen molar-refractivity contribution in [2.24, 2.45) is 11.7 Å². The number of carbonyl (C=O) groups is 1. The average Bonchev–Trinajstić information content (AvgIpc) is 3.08. The number of hydrogen-bond acceptors (Lipinski definition) is 6. The molecule has 0 aromatic carbocycles. The molecule has 2 atom stereocenters. The van der Waals surface area contributed by atoms with E-state index in [1.54, 1.807) is 6.92 Å². The SMILES string of the molecule is Cc1nc(CN2CCN(C(=O)C3CCC(N)C3)CC2)no1. The van der Waals surface area contributed by atoms with Crippen molar-refractivity contribution in [2.45, 2.75) is 38.8 Å². The molecule has 3 rings (SSSR count). The molecule has 1 aliphatic heterocycles. The Hall–Kier alpha value is -1.47. The van der Waals surface area contributed by atoms with Gasteiger partial charge in [-0.05, 0) is 19.3 Å². The van der Waals surface area contributed by atoms with Crippen molar-refractivity contribution < 1.29 is 9.32 Å². The van der Waals surface area contributed by atoms with E-state index in [2.05, 4.69) is 15.0 Å². The number of nitrogens with two attached hydrogens (primary N) is 1. The molecule has 0 radical (unpaired) electrons. The van der Waals surface area contributed by atoms with Crippen molar-refractivity contribution in [3.05, 3.63) is 11.7 Å². The van der Waals surface area contributed by atoms with Crippen molar-refractivity contribution in [3.63, 3.8) is 0 Å². The van der Waals surface area contributed by atoms with E-state index in [0.29, 0.717) is 18.3 Å². The minimum absolute atomic E-state index is 0.145. The van der Waals surface area contributed by atoms with E-state index in [0.717, 1.165) is 45.4 Å². The Balaban J connectivity index is 1.47. The van der Waals surface area contributed by atoms with Gasteiger partial charge in [-0.1, -0.05) is 5.16 Å². The number of amides is 1. The summed E-state index contributed by atoms with van der Waals surface area (Å²) in [4.78, 5) is 20.9. The number of piperazine rings is 1. The van der Waals surface area contributed by atoms with Crippen LogP contribution in [-0.2, 0) is 11.3 Å². The highest BCUT2D eigenvalue weighted by Gasteiger charge is 2.32. The van der Waals surface area contributed by atoms with Crippen LogP contribution >= 0.6 is 0 Å². The molecule has 1 aromatic rings. The summed E-state index contributed by atoms with van der Waals surface area (Å²) in [6, 6.07) is 0.210. The third kappa shape index (κ3) is 3.41. The minimum atomic E-state index is 0.145. The van der Waals surface area contributed by atoms with Gasteiger partial charge in [0.2, 0.25) is 11.8 Å². The molecule has 1 aliphatic carbocycles. The summed E-state index contributed by atoms with van der Waals surface area (Å²) >= 11 is 0. The van der Waals surface area contributed by atoms with Gasteiger partial charge in [0.05, 0.1) is 6.54 Å². The zero-order valence-electron chi connectivity index (χ0n) is 12.5. The van der Waals surface area contributed by atoms with Crippen LogP contribution in [0, 0.1) is 12.8 Å². The van der Waals surface area contributed by atoms with Crippen molar-refractivity contribution in [1.82, 2.24) is 19.9 Å². The van der Waals surface area contributed by atoms with Gasteiger partial charge < -0.3 is 15.2 Å². The summed E-state index contributed by atoms with van der Waals surface area (Å²) < 4.78 is 4.98. The number of aromatic nitrogens is 2. The minimum Gasteiger partial charge on any atom is -0.340 e. The van der Waals surface area contributed by atoms with Crippen molar-refractivity contribution in [3.8, 4) is 0 Å². The molecule has 0 spiro atoms. The third-order valence-electron chi connectivity index (χ3n) is 4.44. The van der Waals surface area contributed by atoms with Gasteiger partial charge in [-0.15, -0.1) is 0 Å². The maximum Gasteiger partial charge on any atom is 0.225 e. The summed E-state index contributed by atoms with van der Waals surface area (Å²) in [5, 5.41) is 3.91. The fourth-order valence-corrected chi connectivity index (χ4v) is 3.23. The van der Waals surface area contributed by atoms with Gasteiger partial charge in [0.15, 0.2) is 5.82 Å². The number of aryl methyl sites for hydroxylation is 1. The number of carbonyl (C=O) groups excluding carboxylic acids is 1. The molecule has 2 fully saturated rings. The molecule has 2 heterocycles. The lowest BCUT2D eigenvalue weighted by Crippen LogP contribution is -2.49. The Morgan fingerprint density at radius 1 is 1.33 bits per heavy atom. The van der Waals surface area contributed by atoms with E-state index in [9.17, 15) is 4.79 Å². The second-order valence-corrected chi connectivity index (χ2v) is 6.10. The van der Waals surface area contributed by atoms with Crippen molar-refractivity contribution in [1.29, 1.82) is 0 Å². The summed E-state index contributed by atoms with van der Waals surface area (Å²) in [5.74, 6) is 1.75. The molecule has 0 bridgehead atoms. The molecule has 116 valence electrons. The standard InChI is InChI=1S/C14H23N5O2/c1-10-16-13(17-21-10)9-18-4-6-19(7-5-18)14(20)11-2-3-12(15)8-11/h11-12H,2-9,15H2,1H3. The van der Waals surface area contributed by atoms with E-state index < -0.39 is 0 Å². The predicted molar refractivity (Wildman–Crippen MR) is 76.2 cm³/mol. The zero-order chi connectivity index (χ0) is 14.8. The first-order chi connectivity index (χ1) is 10.1. The molecule has 1 saturated heterocycles. The molecular formula is C14H23N5O2. The van der Waals surface area contributed by atoms with E-state index >= 15 is 0 Å². The summed E-state index contributed by atoms with van der Waals surface area (Å²) in [5.41, 5.74) is 5.90. The predicted octanol–water partition coefficient (Wildman–Crippen LogP) is 0.150. The fourth-order valence-electron chi connectivity index (χ4n) is 3.23. The van der Waals surface area contributed by atoms with E-state index in [1.807, 2.05) is 4.90 Å². The van der Waals surface area contributed by atoms with Crippen LogP contribution in [0.15, 0.2) is 4.52 Å². The first-order valence-corrected chi connectivity index (χ1v) is 7.67. The molecule has 2 aliphatic rings. The van der Waals surface area contributed by atoms with Crippen LogP contribution < -0.4 is 5.73 Å². The summed E-state index contributed by atoms with van der Waals surface area (Å²) in [6.07, 6.45) is 2.77. The van der Waals surface area contributed by atoms with Crippen LogP contribution in [-0.4, -0.2) is 58.1 Å². The fraction of sp³-hybridized carbons (Fsp3) is 0.786. The van der Waals surface area contributed by atoms with Crippen LogP contribution in [0.4, 0.5) is 0 Å². The summed E-state index contributed by atoms with van der Waals surface area (Å²) in [6.45, 7) is 5.76. The summed E-state index contributed by atoms with van der Waals surface area (Å²) in [7, 11) is 0. The highest BCUT2D eigenvalue weighted by Crippen LogP contribution is 2.26. The lowest BCUT2D eigenvalue weighted by Gasteiger charge is -2.35. The Morgan fingerprint density at radius 3 is 2.67 bits per heavy atom. The van der Waals surface area contributed by atoms with Crippen molar-refractivity contribution in [2.75, 3.05) is 26.2 Å². The first-order valence-electron chi connectivity index (χ1n) is 7.67. The molecular weight excluding hydrogens is 270 g/mol. The highest BCUT2D eigenvalue weighted by atomic mass is 16.5. The number of rotatable bonds is 3. The van der Waals surface area contributed by atoms with Gasteiger partial charge >= 0.3 is 0 Å². The van der Waals surface area contributed by atoms with Crippen LogP contribution in [0.25, 0.3) is 0 Å². The van der Waals surface area contributed by atoms with Gasteiger partial charge in [-0.3, -0.25) is 9.69 Å². The van der Waals surface area contributed by atoms with Gasteiger partial charge in [0.1, 0.15) is 0 Å². The zero-order valence-corrected chi connectivity index (χ0v) is 12.5. The molecule has 2 unspecified atom stereocenters. The molecule has 1 amide bonds. The van der Waals surface area contributed by atoms with Crippen LogP contribution in [0.3, 0.4) is 0 Å². The number of nitrogens with zero attached hydrogens (tertiary/aromatic N) is 4. The van der Waals surface area contributed by atoms with E-state index in [1.165, 1.54) is 0 Å². The van der Waals surface area contributed by atoms with Crippen LogP contribution in [0.1, 0.15) is 31.0 Å². The topological polar surface area (TPSA) is 88.5 Å². The Kier molecular flexibility index (Phi) is 4.21. The maximum atomic E-state index is 12.4. The largest absolute Gasteiger partial charge is 0.340 e. The Labute approximate surface area is 124 Å².